The molecule has 3 nitrogen and oxygen atoms in total. The Morgan fingerprint density at radius 2 is 1.89 bits per heavy atom. The Morgan fingerprint density at radius 3 is 2.47 bits per heavy atom. The van der Waals surface area contributed by atoms with E-state index >= 15 is 0 Å². The molecule has 0 amide bonds. The standard InChI is InChI=1S/C12H17BF3O3/c1-3-18-7-4-8-19-12-6-5-10(17-2)9-11(12)13(14,15)16/h5-6,9H,3-4,7-8H2,1-2H3/q-1. The monoisotopic (exact) mass is 277 g/mol. The summed E-state index contributed by atoms with van der Waals surface area (Å²) in [5.41, 5.74) is -0.768. The van der Waals surface area contributed by atoms with Crippen molar-refractivity contribution >= 4 is 12.4 Å². The van der Waals surface area contributed by atoms with Crippen molar-refractivity contribution in [1.29, 1.82) is 0 Å². The van der Waals surface area contributed by atoms with Crippen molar-refractivity contribution in [2.24, 2.45) is 0 Å². The Labute approximate surface area is 110 Å². The summed E-state index contributed by atoms with van der Waals surface area (Å²) < 4.78 is 53.7. The smallest absolute Gasteiger partial charge is 0.497 e. The summed E-state index contributed by atoms with van der Waals surface area (Å²) in [7, 11) is 1.32. The molecule has 0 fully saturated rings. The van der Waals surface area contributed by atoms with Gasteiger partial charge in [0.05, 0.1) is 19.5 Å². The SMILES string of the molecule is CCOCCCOc1ccc(OC)cc1[B-](F)(F)F. The van der Waals surface area contributed by atoms with Crippen LogP contribution in [-0.2, 0) is 4.74 Å². The lowest BCUT2D eigenvalue weighted by Crippen LogP contribution is -2.35. The first-order valence-corrected chi connectivity index (χ1v) is 6.07. The van der Waals surface area contributed by atoms with E-state index in [1.807, 2.05) is 6.92 Å². The Morgan fingerprint density at radius 1 is 1.16 bits per heavy atom. The van der Waals surface area contributed by atoms with Gasteiger partial charge in [0, 0.05) is 19.6 Å². The average Bonchev–Trinajstić information content (AvgIpc) is 2.37. The third-order valence-corrected chi connectivity index (χ3v) is 2.46. The van der Waals surface area contributed by atoms with Crippen molar-refractivity contribution in [3.8, 4) is 11.5 Å². The average molecular weight is 277 g/mol. The molecule has 0 radical (unpaired) electrons. The Bertz CT molecular complexity index is 396. The molecule has 0 heterocycles. The molecule has 0 aromatic heterocycles. The predicted molar refractivity (Wildman–Crippen MR) is 68.3 cm³/mol. The van der Waals surface area contributed by atoms with E-state index < -0.39 is 12.4 Å². The van der Waals surface area contributed by atoms with Crippen LogP contribution >= 0.6 is 0 Å². The van der Waals surface area contributed by atoms with Crippen LogP contribution in [0.5, 0.6) is 11.5 Å². The van der Waals surface area contributed by atoms with Gasteiger partial charge in [-0.1, -0.05) is 5.46 Å². The zero-order valence-electron chi connectivity index (χ0n) is 11.0. The topological polar surface area (TPSA) is 27.7 Å². The van der Waals surface area contributed by atoms with E-state index in [1.54, 1.807) is 0 Å². The summed E-state index contributed by atoms with van der Waals surface area (Å²) in [6, 6.07) is 3.69. The maximum absolute atomic E-state index is 12.9. The molecule has 0 aliphatic heterocycles. The van der Waals surface area contributed by atoms with E-state index in [2.05, 4.69) is 0 Å². The van der Waals surface area contributed by atoms with Crippen LogP contribution in [0, 0.1) is 0 Å². The lowest BCUT2D eigenvalue weighted by Gasteiger charge is -2.20. The van der Waals surface area contributed by atoms with Gasteiger partial charge >= 0.3 is 6.98 Å². The molecule has 0 aliphatic rings. The van der Waals surface area contributed by atoms with E-state index in [4.69, 9.17) is 14.2 Å². The zero-order chi connectivity index (χ0) is 14.3. The maximum atomic E-state index is 12.9. The van der Waals surface area contributed by atoms with Crippen LogP contribution in [0.25, 0.3) is 0 Å². The Kier molecular flexibility index (Phi) is 6.01. The molecule has 1 rings (SSSR count). The van der Waals surface area contributed by atoms with E-state index in [1.165, 1.54) is 19.2 Å². The minimum atomic E-state index is -5.13. The van der Waals surface area contributed by atoms with Gasteiger partial charge in [0.1, 0.15) is 5.75 Å². The minimum absolute atomic E-state index is 0.162. The molecular formula is C12H17BF3O3-. The second kappa shape index (κ2) is 7.28. The summed E-state index contributed by atoms with van der Waals surface area (Å²) >= 11 is 0. The highest BCUT2D eigenvalue weighted by Gasteiger charge is 2.29. The maximum Gasteiger partial charge on any atom is 0.513 e. The Balaban J connectivity index is 2.71. The molecule has 7 heteroatoms. The van der Waals surface area contributed by atoms with Crippen molar-refractivity contribution in [2.75, 3.05) is 26.9 Å². The molecule has 0 spiro atoms. The molecule has 0 saturated heterocycles. The fraction of sp³-hybridized carbons (Fsp3) is 0.500. The van der Waals surface area contributed by atoms with Crippen molar-refractivity contribution in [2.45, 2.75) is 13.3 Å². The van der Waals surface area contributed by atoms with Gasteiger partial charge in [-0.25, -0.2) is 0 Å². The van der Waals surface area contributed by atoms with Crippen molar-refractivity contribution in [1.82, 2.24) is 0 Å². The first-order valence-electron chi connectivity index (χ1n) is 6.07. The highest BCUT2D eigenvalue weighted by atomic mass is 19.4. The molecule has 0 saturated carbocycles. The molecule has 0 N–H and O–H groups in total. The molecule has 1 aromatic rings. The highest BCUT2D eigenvalue weighted by Crippen LogP contribution is 2.22. The molecular weight excluding hydrogens is 260 g/mol. The summed E-state index contributed by atoms with van der Waals surface area (Å²) in [6.07, 6.45) is 0.546. The number of ether oxygens (including phenoxy) is 3. The molecule has 0 atom stereocenters. The summed E-state index contributed by atoms with van der Waals surface area (Å²) in [5, 5.41) is 0. The van der Waals surface area contributed by atoms with E-state index in [0.717, 1.165) is 6.07 Å². The lowest BCUT2D eigenvalue weighted by molar-refractivity contribution is 0.131. The first kappa shape index (κ1) is 15.7. The minimum Gasteiger partial charge on any atom is -0.497 e. The van der Waals surface area contributed by atoms with Crippen LogP contribution in [0.3, 0.4) is 0 Å². The molecule has 19 heavy (non-hydrogen) atoms. The van der Waals surface area contributed by atoms with Gasteiger partial charge in [0.25, 0.3) is 0 Å². The van der Waals surface area contributed by atoms with Gasteiger partial charge in [-0.05, 0) is 25.1 Å². The second-order valence-corrected chi connectivity index (χ2v) is 3.88. The van der Waals surface area contributed by atoms with E-state index in [0.29, 0.717) is 19.6 Å². The summed E-state index contributed by atoms with van der Waals surface area (Å²) in [4.78, 5) is 0. The molecule has 108 valence electrons. The fourth-order valence-corrected chi connectivity index (χ4v) is 1.53. The quantitative estimate of drug-likeness (QED) is 0.540. The van der Waals surface area contributed by atoms with Crippen LogP contribution in [0.15, 0.2) is 18.2 Å². The number of methoxy groups -OCH3 is 1. The normalized spacial score (nSPS) is 11.4. The van der Waals surface area contributed by atoms with Crippen molar-refractivity contribution in [3.63, 3.8) is 0 Å². The third kappa shape index (κ3) is 5.02. The van der Waals surface area contributed by atoms with Crippen LogP contribution in [0.2, 0.25) is 0 Å². The van der Waals surface area contributed by atoms with Gasteiger partial charge in [-0.15, -0.1) is 0 Å². The number of benzene rings is 1. The van der Waals surface area contributed by atoms with Gasteiger partial charge in [-0.2, -0.15) is 0 Å². The lowest BCUT2D eigenvalue weighted by atomic mass is 9.79. The number of rotatable bonds is 8. The van der Waals surface area contributed by atoms with E-state index in [9.17, 15) is 12.9 Å². The third-order valence-electron chi connectivity index (χ3n) is 2.46. The fourth-order valence-electron chi connectivity index (χ4n) is 1.53. The van der Waals surface area contributed by atoms with Crippen molar-refractivity contribution < 1.29 is 27.2 Å². The van der Waals surface area contributed by atoms with Crippen LogP contribution in [-0.4, -0.2) is 33.9 Å². The first-order chi connectivity index (χ1) is 8.99. The highest BCUT2D eigenvalue weighted by molar-refractivity contribution is 6.74. The van der Waals surface area contributed by atoms with Gasteiger partial charge in [-0.3, -0.25) is 0 Å². The molecule has 0 unspecified atom stereocenters. The van der Waals surface area contributed by atoms with Gasteiger partial charge in [0.15, 0.2) is 0 Å². The summed E-state index contributed by atoms with van der Waals surface area (Å²) in [5.74, 6) is 0.000616. The number of halogens is 3. The predicted octanol–water partition coefficient (Wildman–Crippen LogP) is 2.56. The van der Waals surface area contributed by atoms with Gasteiger partial charge < -0.3 is 27.2 Å². The van der Waals surface area contributed by atoms with Crippen LogP contribution in [0.4, 0.5) is 12.9 Å². The van der Waals surface area contributed by atoms with Crippen molar-refractivity contribution in [3.05, 3.63) is 18.2 Å². The Hall–Kier alpha value is -1.37. The molecule has 0 bridgehead atoms. The molecule has 1 aromatic carbocycles. The summed E-state index contributed by atoms with van der Waals surface area (Å²) in [6.45, 7) is -2.03. The zero-order valence-corrected chi connectivity index (χ0v) is 11.0. The molecule has 0 aliphatic carbocycles. The largest absolute Gasteiger partial charge is 0.513 e. The van der Waals surface area contributed by atoms with E-state index in [-0.39, 0.29) is 18.1 Å². The number of hydrogen-bond donors (Lipinski definition) is 0. The van der Waals surface area contributed by atoms with Crippen LogP contribution < -0.4 is 14.9 Å². The van der Waals surface area contributed by atoms with Crippen LogP contribution in [0.1, 0.15) is 13.3 Å². The number of hydrogen-bond acceptors (Lipinski definition) is 3. The second-order valence-electron chi connectivity index (χ2n) is 3.88. The van der Waals surface area contributed by atoms with Gasteiger partial charge in [0.2, 0.25) is 0 Å².